The quantitative estimate of drug-likeness (QED) is 0.760. The Balaban J connectivity index is 2.24. The lowest BCUT2D eigenvalue weighted by molar-refractivity contribution is 0.187. The lowest BCUT2D eigenvalue weighted by Gasteiger charge is -2.15. The van der Waals surface area contributed by atoms with Crippen LogP contribution in [0.3, 0.4) is 0 Å². The summed E-state index contributed by atoms with van der Waals surface area (Å²) in [4.78, 5) is 0. The van der Waals surface area contributed by atoms with E-state index in [0.717, 1.165) is 12.8 Å². The summed E-state index contributed by atoms with van der Waals surface area (Å²) in [6.07, 6.45) is 1.68. The lowest BCUT2D eigenvalue weighted by Crippen LogP contribution is -2.20. The number of hydrogen-bond acceptors (Lipinski definition) is 1. The first-order valence-corrected chi connectivity index (χ1v) is 5.48. The van der Waals surface area contributed by atoms with Gasteiger partial charge >= 0.3 is 0 Å². The zero-order valence-corrected chi connectivity index (χ0v) is 8.98. The van der Waals surface area contributed by atoms with Crippen molar-refractivity contribution in [3.8, 4) is 5.75 Å². The van der Waals surface area contributed by atoms with Gasteiger partial charge in [0.15, 0.2) is 17.4 Å². The van der Waals surface area contributed by atoms with Crippen LogP contribution >= 0.6 is 15.9 Å². The largest absolute Gasteiger partial charge is 0.480 e. The SMILES string of the molecule is Fc1cccc(F)c1OC1(CBr)CC1. The molecule has 0 bridgehead atoms. The van der Waals surface area contributed by atoms with E-state index in [1.807, 2.05) is 0 Å². The molecule has 1 aliphatic carbocycles. The number of rotatable bonds is 3. The number of alkyl halides is 1. The highest BCUT2D eigenvalue weighted by molar-refractivity contribution is 9.09. The van der Waals surface area contributed by atoms with Gasteiger partial charge in [0.2, 0.25) is 0 Å². The molecule has 76 valence electrons. The van der Waals surface area contributed by atoms with Gasteiger partial charge in [-0.15, -0.1) is 0 Å². The van der Waals surface area contributed by atoms with Gasteiger partial charge in [0.1, 0.15) is 5.60 Å². The van der Waals surface area contributed by atoms with E-state index in [1.54, 1.807) is 0 Å². The van der Waals surface area contributed by atoms with Crippen LogP contribution in [0.15, 0.2) is 18.2 Å². The maximum absolute atomic E-state index is 13.2. The lowest BCUT2D eigenvalue weighted by atomic mass is 10.3. The fourth-order valence-electron chi connectivity index (χ4n) is 1.20. The summed E-state index contributed by atoms with van der Waals surface area (Å²) in [6.45, 7) is 0. The Labute approximate surface area is 89.2 Å². The van der Waals surface area contributed by atoms with Crippen molar-refractivity contribution < 1.29 is 13.5 Å². The molecular weight excluding hydrogens is 254 g/mol. The monoisotopic (exact) mass is 262 g/mol. The topological polar surface area (TPSA) is 9.23 Å². The Morgan fingerprint density at radius 1 is 1.29 bits per heavy atom. The molecule has 1 aromatic rings. The molecule has 1 nitrogen and oxygen atoms in total. The molecule has 1 fully saturated rings. The average Bonchev–Trinajstić information content (AvgIpc) is 2.93. The van der Waals surface area contributed by atoms with Crippen molar-refractivity contribution in [2.45, 2.75) is 18.4 Å². The summed E-state index contributed by atoms with van der Waals surface area (Å²) in [6, 6.07) is 3.72. The number of hydrogen-bond donors (Lipinski definition) is 0. The number of benzene rings is 1. The van der Waals surface area contributed by atoms with Crippen molar-refractivity contribution in [1.29, 1.82) is 0 Å². The maximum atomic E-state index is 13.2. The smallest absolute Gasteiger partial charge is 0.191 e. The minimum absolute atomic E-state index is 0.260. The van der Waals surface area contributed by atoms with E-state index in [0.29, 0.717) is 5.33 Å². The van der Waals surface area contributed by atoms with Crippen LogP contribution in [0.5, 0.6) is 5.75 Å². The van der Waals surface area contributed by atoms with Crippen LogP contribution in [0.1, 0.15) is 12.8 Å². The van der Waals surface area contributed by atoms with E-state index >= 15 is 0 Å². The zero-order valence-electron chi connectivity index (χ0n) is 7.40. The van der Waals surface area contributed by atoms with Gasteiger partial charge in [-0.05, 0) is 25.0 Å². The van der Waals surface area contributed by atoms with E-state index < -0.39 is 11.6 Å². The summed E-state index contributed by atoms with van der Waals surface area (Å²) in [7, 11) is 0. The minimum atomic E-state index is -0.641. The third-order valence-electron chi connectivity index (χ3n) is 2.29. The van der Waals surface area contributed by atoms with E-state index in [1.165, 1.54) is 18.2 Å². The third-order valence-corrected chi connectivity index (χ3v) is 3.31. The summed E-state index contributed by atoms with van der Waals surface area (Å²) in [5.74, 6) is -1.54. The van der Waals surface area contributed by atoms with E-state index in [9.17, 15) is 8.78 Å². The van der Waals surface area contributed by atoms with Crippen molar-refractivity contribution in [1.82, 2.24) is 0 Å². The molecule has 0 unspecified atom stereocenters. The molecule has 0 radical (unpaired) electrons. The molecule has 2 rings (SSSR count). The van der Waals surface area contributed by atoms with Crippen LogP contribution in [-0.2, 0) is 0 Å². The molecule has 1 aliphatic rings. The van der Waals surface area contributed by atoms with Gasteiger partial charge in [-0.2, -0.15) is 0 Å². The zero-order chi connectivity index (χ0) is 10.2. The van der Waals surface area contributed by atoms with Gasteiger partial charge in [-0.1, -0.05) is 22.0 Å². The van der Waals surface area contributed by atoms with Crippen molar-refractivity contribution in [2.24, 2.45) is 0 Å². The fraction of sp³-hybridized carbons (Fsp3) is 0.400. The molecule has 0 N–H and O–H groups in total. The third kappa shape index (κ3) is 1.75. The molecule has 0 aromatic heterocycles. The Bertz CT molecular complexity index is 330. The molecule has 4 heteroatoms. The van der Waals surface area contributed by atoms with Gasteiger partial charge in [-0.25, -0.2) is 8.78 Å². The van der Waals surface area contributed by atoms with Crippen LogP contribution in [0, 0.1) is 11.6 Å². The van der Waals surface area contributed by atoms with Crippen molar-refractivity contribution in [3.05, 3.63) is 29.8 Å². The predicted molar refractivity (Wildman–Crippen MR) is 52.7 cm³/mol. The minimum Gasteiger partial charge on any atom is -0.480 e. The highest BCUT2D eigenvalue weighted by atomic mass is 79.9. The molecule has 1 saturated carbocycles. The molecular formula is C10H9BrF2O. The van der Waals surface area contributed by atoms with Crippen molar-refractivity contribution >= 4 is 15.9 Å². The Kier molecular flexibility index (Phi) is 2.47. The average molecular weight is 263 g/mol. The van der Waals surface area contributed by atoms with E-state index in [4.69, 9.17) is 4.74 Å². The van der Waals surface area contributed by atoms with Crippen molar-refractivity contribution in [3.63, 3.8) is 0 Å². The Morgan fingerprint density at radius 3 is 2.29 bits per heavy atom. The molecule has 0 amide bonds. The van der Waals surface area contributed by atoms with Gasteiger partial charge < -0.3 is 4.74 Å². The van der Waals surface area contributed by atoms with Gasteiger partial charge in [-0.3, -0.25) is 0 Å². The summed E-state index contributed by atoms with van der Waals surface area (Å²) in [5, 5.41) is 0.605. The maximum Gasteiger partial charge on any atom is 0.191 e. The summed E-state index contributed by atoms with van der Waals surface area (Å²) >= 11 is 3.27. The number of para-hydroxylation sites is 1. The molecule has 0 aliphatic heterocycles. The van der Waals surface area contributed by atoms with Crippen LogP contribution in [0.25, 0.3) is 0 Å². The highest BCUT2D eigenvalue weighted by Gasteiger charge is 2.45. The van der Waals surface area contributed by atoms with Crippen LogP contribution in [0.2, 0.25) is 0 Å². The molecule has 0 saturated heterocycles. The number of ether oxygens (including phenoxy) is 1. The first-order chi connectivity index (χ1) is 6.67. The molecule has 1 aromatic carbocycles. The Morgan fingerprint density at radius 2 is 1.86 bits per heavy atom. The Hall–Kier alpha value is -0.640. The number of halogens is 3. The van der Waals surface area contributed by atoms with Gasteiger partial charge in [0, 0.05) is 5.33 Å². The van der Waals surface area contributed by atoms with Gasteiger partial charge in [0.05, 0.1) is 0 Å². The second-order valence-corrected chi connectivity index (χ2v) is 4.03. The van der Waals surface area contributed by atoms with E-state index in [-0.39, 0.29) is 11.4 Å². The highest BCUT2D eigenvalue weighted by Crippen LogP contribution is 2.42. The van der Waals surface area contributed by atoms with Crippen LogP contribution in [-0.4, -0.2) is 10.9 Å². The van der Waals surface area contributed by atoms with E-state index in [2.05, 4.69) is 15.9 Å². The first kappa shape index (κ1) is 9.90. The van der Waals surface area contributed by atoms with Crippen LogP contribution < -0.4 is 4.74 Å². The standard InChI is InChI=1S/C10H9BrF2O/c11-6-10(4-5-10)14-9-7(12)2-1-3-8(9)13/h1-3H,4-6H2. The van der Waals surface area contributed by atoms with Crippen LogP contribution in [0.4, 0.5) is 8.78 Å². The van der Waals surface area contributed by atoms with Gasteiger partial charge in [0.25, 0.3) is 0 Å². The molecule has 14 heavy (non-hydrogen) atoms. The molecule has 0 spiro atoms. The summed E-state index contributed by atoms with van der Waals surface area (Å²) < 4.78 is 31.7. The predicted octanol–water partition coefficient (Wildman–Crippen LogP) is 3.27. The normalized spacial score (nSPS) is 17.9. The second kappa shape index (κ2) is 3.50. The molecule has 0 heterocycles. The fourth-order valence-corrected chi connectivity index (χ4v) is 1.87. The second-order valence-electron chi connectivity index (χ2n) is 3.47. The first-order valence-electron chi connectivity index (χ1n) is 4.36. The molecule has 0 atom stereocenters. The summed E-state index contributed by atoms with van der Waals surface area (Å²) in [5.41, 5.74) is -0.386. The van der Waals surface area contributed by atoms with Crippen molar-refractivity contribution in [2.75, 3.05) is 5.33 Å².